The van der Waals surface area contributed by atoms with Gasteiger partial charge in [0.1, 0.15) is 23.1 Å². The van der Waals surface area contributed by atoms with Crippen molar-refractivity contribution in [1.29, 1.82) is 0 Å². The van der Waals surface area contributed by atoms with Gasteiger partial charge in [-0.25, -0.2) is 0 Å². The molecular formula is C25H32N6O. The monoisotopic (exact) mass is 432 g/mol. The molecule has 168 valence electrons. The molecule has 7 nitrogen and oxygen atoms in total. The summed E-state index contributed by atoms with van der Waals surface area (Å²) < 4.78 is 8.43. The van der Waals surface area contributed by atoms with Crippen LogP contribution < -0.4 is 15.4 Å². The van der Waals surface area contributed by atoms with Crippen molar-refractivity contribution >= 4 is 5.96 Å². The van der Waals surface area contributed by atoms with Gasteiger partial charge >= 0.3 is 0 Å². The minimum Gasteiger partial charge on any atom is -0.457 e. The second kappa shape index (κ2) is 10.8. The molecule has 0 saturated carbocycles. The summed E-state index contributed by atoms with van der Waals surface area (Å²) >= 11 is 0. The zero-order valence-corrected chi connectivity index (χ0v) is 19.0. The molecule has 2 N–H and O–H groups in total. The third-order valence-corrected chi connectivity index (χ3v) is 5.69. The number of benzene rings is 2. The Morgan fingerprint density at radius 1 is 1.06 bits per heavy atom. The predicted molar refractivity (Wildman–Crippen MR) is 127 cm³/mol. The van der Waals surface area contributed by atoms with Crippen molar-refractivity contribution in [1.82, 2.24) is 25.4 Å². The molecule has 2 aromatic carbocycles. The third-order valence-electron chi connectivity index (χ3n) is 5.69. The summed E-state index contributed by atoms with van der Waals surface area (Å²) in [5.41, 5.74) is 2.24. The Labute approximate surface area is 189 Å². The lowest BCUT2D eigenvalue weighted by Gasteiger charge is -2.15. The molecule has 7 heteroatoms. The van der Waals surface area contributed by atoms with Gasteiger partial charge in [-0.3, -0.25) is 4.99 Å². The fourth-order valence-corrected chi connectivity index (χ4v) is 3.94. The average Bonchev–Trinajstić information content (AvgIpc) is 3.03. The molecule has 4 rings (SSSR count). The van der Waals surface area contributed by atoms with Crippen molar-refractivity contribution in [2.24, 2.45) is 4.99 Å². The van der Waals surface area contributed by atoms with Crippen LogP contribution in [0.25, 0.3) is 0 Å². The van der Waals surface area contributed by atoms with Gasteiger partial charge in [0.05, 0.1) is 0 Å². The summed E-state index contributed by atoms with van der Waals surface area (Å²) in [6.07, 6.45) is 5.54. The normalized spacial score (nSPS) is 13.9. The highest BCUT2D eigenvalue weighted by molar-refractivity contribution is 5.79. The molecule has 0 aliphatic carbocycles. The summed E-state index contributed by atoms with van der Waals surface area (Å²) in [5.74, 6) is 4.62. The van der Waals surface area contributed by atoms with Gasteiger partial charge in [-0.1, -0.05) is 36.8 Å². The highest BCUT2D eigenvalue weighted by Crippen LogP contribution is 2.26. The van der Waals surface area contributed by atoms with Crippen LogP contribution >= 0.6 is 0 Å². The number of guanidine groups is 1. The molecule has 1 aliphatic rings. The molecule has 2 heterocycles. The lowest BCUT2D eigenvalue weighted by Crippen LogP contribution is -2.38. The Kier molecular flexibility index (Phi) is 7.38. The van der Waals surface area contributed by atoms with Crippen LogP contribution in [0.1, 0.15) is 42.0 Å². The summed E-state index contributed by atoms with van der Waals surface area (Å²) in [6.45, 7) is 4.46. The first-order valence-electron chi connectivity index (χ1n) is 11.4. The van der Waals surface area contributed by atoms with Crippen LogP contribution in [0.3, 0.4) is 0 Å². The Morgan fingerprint density at radius 3 is 2.78 bits per heavy atom. The predicted octanol–water partition coefficient (Wildman–Crippen LogP) is 4.01. The van der Waals surface area contributed by atoms with Crippen LogP contribution in [-0.4, -0.2) is 34.3 Å². The maximum atomic E-state index is 6.13. The highest BCUT2D eigenvalue weighted by atomic mass is 16.5. The van der Waals surface area contributed by atoms with Crippen molar-refractivity contribution in [3.05, 3.63) is 71.3 Å². The number of aromatic nitrogens is 3. The number of ether oxygens (including phenoxy) is 1. The topological polar surface area (TPSA) is 76.4 Å². The SMILES string of the molecule is CN=C(NCCc1nnc2n1CCCCC2)NCc1ccc(C)cc1Oc1ccccc1. The molecule has 0 amide bonds. The Bertz CT molecular complexity index is 1040. The van der Waals surface area contributed by atoms with E-state index in [1.165, 1.54) is 19.3 Å². The molecule has 0 fully saturated rings. The Balaban J connectivity index is 1.33. The molecule has 0 saturated heterocycles. The molecule has 0 unspecified atom stereocenters. The molecular weight excluding hydrogens is 400 g/mol. The number of para-hydroxylation sites is 1. The molecule has 0 bridgehead atoms. The number of hydrogen-bond donors (Lipinski definition) is 2. The number of hydrogen-bond acceptors (Lipinski definition) is 4. The van der Waals surface area contributed by atoms with Gasteiger partial charge in [0.25, 0.3) is 0 Å². The number of nitrogens with zero attached hydrogens (tertiary/aromatic N) is 4. The molecule has 1 aromatic heterocycles. The fraction of sp³-hybridized carbons (Fsp3) is 0.400. The number of nitrogens with one attached hydrogen (secondary N) is 2. The van der Waals surface area contributed by atoms with E-state index in [9.17, 15) is 0 Å². The number of fused-ring (bicyclic) bond motifs is 1. The van der Waals surface area contributed by atoms with Crippen molar-refractivity contribution in [3.8, 4) is 11.5 Å². The van der Waals surface area contributed by atoms with Gasteiger partial charge < -0.3 is 19.9 Å². The second-order valence-electron chi connectivity index (χ2n) is 8.12. The fourth-order valence-electron chi connectivity index (χ4n) is 3.94. The van der Waals surface area contributed by atoms with E-state index in [0.717, 1.165) is 66.2 Å². The van der Waals surface area contributed by atoms with E-state index in [1.807, 2.05) is 30.3 Å². The maximum absolute atomic E-state index is 6.13. The minimum atomic E-state index is 0.614. The van der Waals surface area contributed by atoms with Crippen molar-refractivity contribution in [2.45, 2.75) is 52.1 Å². The molecule has 3 aromatic rings. The van der Waals surface area contributed by atoms with Crippen LogP contribution in [-0.2, 0) is 25.9 Å². The lowest BCUT2D eigenvalue weighted by atomic mass is 10.1. The first-order valence-corrected chi connectivity index (χ1v) is 11.4. The molecule has 0 atom stereocenters. The lowest BCUT2D eigenvalue weighted by molar-refractivity contribution is 0.474. The molecule has 32 heavy (non-hydrogen) atoms. The largest absolute Gasteiger partial charge is 0.457 e. The van der Waals surface area contributed by atoms with Gasteiger partial charge in [0.2, 0.25) is 0 Å². The summed E-state index contributed by atoms with van der Waals surface area (Å²) in [6, 6.07) is 16.1. The van der Waals surface area contributed by atoms with Gasteiger partial charge in [0, 0.05) is 45.1 Å². The van der Waals surface area contributed by atoms with E-state index in [1.54, 1.807) is 7.05 Å². The van der Waals surface area contributed by atoms with Gasteiger partial charge in [-0.15, -0.1) is 10.2 Å². The number of rotatable bonds is 7. The first-order chi connectivity index (χ1) is 15.7. The highest BCUT2D eigenvalue weighted by Gasteiger charge is 2.14. The van der Waals surface area contributed by atoms with Crippen LogP contribution in [0.2, 0.25) is 0 Å². The zero-order valence-electron chi connectivity index (χ0n) is 19.0. The summed E-state index contributed by atoms with van der Waals surface area (Å²) in [4.78, 5) is 4.37. The smallest absolute Gasteiger partial charge is 0.191 e. The van der Waals surface area contributed by atoms with E-state index < -0.39 is 0 Å². The number of aryl methyl sites for hydroxylation is 2. The maximum Gasteiger partial charge on any atom is 0.191 e. The van der Waals surface area contributed by atoms with Crippen molar-refractivity contribution in [2.75, 3.05) is 13.6 Å². The molecule has 0 radical (unpaired) electrons. The summed E-state index contributed by atoms with van der Waals surface area (Å²) in [7, 11) is 1.79. The van der Waals surface area contributed by atoms with E-state index in [0.29, 0.717) is 6.54 Å². The number of aliphatic imine (C=N–C) groups is 1. The van der Waals surface area contributed by atoms with Crippen LogP contribution in [0.5, 0.6) is 11.5 Å². The standard InChI is InChI=1S/C25H32N6O/c1-19-12-13-20(22(17-19)32-21-9-5-3-6-10-21)18-28-25(26-2)27-15-14-24-30-29-23-11-7-4-8-16-31(23)24/h3,5-6,9-10,12-13,17H,4,7-8,11,14-16,18H2,1-2H3,(H2,26,27,28). The Hall–Kier alpha value is -3.35. The van der Waals surface area contributed by atoms with E-state index in [-0.39, 0.29) is 0 Å². The second-order valence-corrected chi connectivity index (χ2v) is 8.12. The first kappa shape index (κ1) is 21.9. The van der Waals surface area contributed by atoms with Crippen molar-refractivity contribution < 1.29 is 4.74 Å². The minimum absolute atomic E-state index is 0.614. The van der Waals surface area contributed by atoms with Crippen LogP contribution in [0, 0.1) is 6.92 Å². The quantitative estimate of drug-likeness (QED) is 0.436. The van der Waals surface area contributed by atoms with Gasteiger partial charge in [-0.2, -0.15) is 0 Å². The van der Waals surface area contributed by atoms with E-state index >= 15 is 0 Å². The van der Waals surface area contributed by atoms with E-state index in [2.05, 4.69) is 55.5 Å². The van der Waals surface area contributed by atoms with E-state index in [4.69, 9.17) is 4.74 Å². The Morgan fingerprint density at radius 2 is 1.94 bits per heavy atom. The molecule has 1 aliphatic heterocycles. The van der Waals surface area contributed by atoms with Crippen molar-refractivity contribution in [3.63, 3.8) is 0 Å². The van der Waals surface area contributed by atoms with Crippen LogP contribution in [0.4, 0.5) is 0 Å². The van der Waals surface area contributed by atoms with Crippen LogP contribution in [0.15, 0.2) is 53.5 Å². The third kappa shape index (κ3) is 5.66. The average molecular weight is 433 g/mol. The molecule has 0 spiro atoms. The summed E-state index contributed by atoms with van der Waals surface area (Å²) in [5, 5.41) is 15.6. The van der Waals surface area contributed by atoms with Gasteiger partial charge in [0.15, 0.2) is 5.96 Å². The van der Waals surface area contributed by atoms with Gasteiger partial charge in [-0.05, 0) is 43.5 Å². The zero-order chi connectivity index (χ0) is 22.2.